The largest absolute Gasteiger partial charge is 0.455 e. The lowest BCUT2D eigenvalue weighted by molar-refractivity contribution is -0.827. The summed E-state index contributed by atoms with van der Waals surface area (Å²) in [7, 11) is 5.20. The minimum Gasteiger partial charge on any atom is -0.377 e. The van der Waals surface area contributed by atoms with Crippen LogP contribution in [-0.2, 0) is 9.53 Å². The van der Waals surface area contributed by atoms with Gasteiger partial charge in [-0.3, -0.25) is 4.48 Å². The Kier molecular flexibility index (Phi) is 5.08. The van der Waals surface area contributed by atoms with Crippen LogP contribution in [-0.4, -0.2) is 53.1 Å². The Balaban J connectivity index is 4.86. The summed E-state index contributed by atoms with van der Waals surface area (Å²) in [6, 6.07) is 0. The average Bonchev–Trinajstić information content (AvgIpc) is 1.98. The predicted molar refractivity (Wildman–Crippen MR) is 56.5 cm³/mol. The Hall–Kier alpha value is -0.950. The van der Waals surface area contributed by atoms with Gasteiger partial charge in [-0.2, -0.15) is 0 Å². The van der Waals surface area contributed by atoms with Crippen molar-refractivity contribution >= 4 is 5.97 Å². The molecule has 94 valence electrons. The number of rotatable bonds is 5. The van der Waals surface area contributed by atoms with Crippen molar-refractivity contribution in [2.75, 3.05) is 21.1 Å². The van der Waals surface area contributed by atoms with Gasteiger partial charge in [0.25, 0.3) is 0 Å². The standard InChI is InChI=1S/C10H20NO5/c1-5-6-7-8(11(2,3)4)9(12)16-10(13,14)15/h7,13-15H,5-6H2,1-4H3/q+1. The maximum absolute atomic E-state index is 11.5. The summed E-state index contributed by atoms with van der Waals surface area (Å²) < 4.78 is 4.23. The summed E-state index contributed by atoms with van der Waals surface area (Å²) >= 11 is 0. The van der Waals surface area contributed by atoms with Crippen LogP contribution in [0.15, 0.2) is 11.8 Å². The molecule has 3 N–H and O–H groups in total. The highest BCUT2D eigenvalue weighted by Crippen LogP contribution is 2.14. The number of quaternary nitrogens is 1. The first-order valence-electron chi connectivity index (χ1n) is 5.00. The molecular weight excluding hydrogens is 214 g/mol. The summed E-state index contributed by atoms with van der Waals surface area (Å²) in [4.78, 5) is 11.5. The predicted octanol–water partition coefficient (Wildman–Crippen LogP) is -0.492. The number of hydrogen-bond acceptors (Lipinski definition) is 5. The highest BCUT2D eigenvalue weighted by Gasteiger charge is 2.33. The van der Waals surface area contributed by atoms with E-state index >= 15 is 0 Å². The summed E-state index contributed by atoms with van der Waals surface area (Å²) in [6.07, 6.45) is -0.278. The zero-order chi connectivity index (χ0) is 13.0. The van der Waals surface area contributed by atoms with E-state index in [0.717, 1.165) is 6.42 Å². The molecule has 0 rings (SSSR count). The molecule has 0 fully saturated rings. The van der Waals surface area contributed by atoms with Crippen LogP contribution in [0.2, 0.25) is 0 Å². The molecule has 0 radical (unpaired) electrons. The van der Waals surface area contributed by atoms with Gasteiger partial charge >= 0.3 is 12.1 Å². The van der Waals surface area contributed by atoms with E-state index in [9.17, 15) is 4.79 Å². The molecule has 0 aliphatic carbocycles. The number of allylic oxidation sites excluding steroid dienone is 1. The Morgan fingerprint density at radius 3 is 2.12 bits per heavy atom. The van der Waals surface area contributed by atoms with Gasteiger partial charge in [0.05, 0.1) is 21.1 Å². The third-order valence-corrected chi connectivity index (χ3v) is 1.79. The Labute approximate surface area is 95.0 Å². The Bertz CT molecular complexity index is 272. The van der Waals surface area contributed by atoms with Gasteiger partial charge in [-0.1, -0.05) is 13.3 Å². The van der Waals surface area contributed by atoms with Crippen molar-refractivity contribution in [3.8, 4) is 0 Å². The normalized spacial score (nSPS) is 13.8. The van der Waals surface area contributed by atoms with Crippen molar-refractivity contribution in [1.82, 2.24) is 0 Å². The van der Waals surface area contributed by atoms with E-state index < -0.39 is 12.1 Å². The van der Waals surface area contributed by atoms with E-state index in [1.165, 1.54) is 0 Å². The highest BCUT2D eigenvalue weighted by atomic mass is 16.9. The summed E-state index contributed by atoms with van der Waals surface area (Å²) in [6.45, 7) is 1.95. The molecule has 0 spiro atoms. The quantitative estimate of drug-likeness (QED) is 0.258. The molecule has 0 aromatic heterocycles. The average molecular weight is 234 g/mol. The molecular formula is C10H20NO5+. The SMILES string of the molecule is CCCC=C(C(=O)OC(O)(O)O)[N+](C)(C)C. The first-order valence-corrected chi connectivity index (χ1v) is 5.00. The van der Waals surface area contributed by atoms with Crippen molar-refractivity contribution in [1.29, 1.82) is 0 Å². The number of unbranched alkanes of at least 4 members (excludes halogenated alkanes) is 1. The van der Waals surface area contributed by atoms with Crippen LogP contribution in [0.3, 0.4) is 0 Å². The van der Waals surface area contributed by atoms with Gasteiger partial charge in [0.15, 0.2) is 0 Å². The smallest absolute Gasteiger partial charge is 0.377 e. The number of carbonyl (C=O) groups excluding carboxylic acids is 1. The molecule has 0 aromatic carbocycles. The summed E-state index contributed by atoms with van der Waals surface area (Å²) in [5.74, 6) is -0.964. The van der Waals surface area contributed by atoms with E-state index in [2.05, 4.69) is 4.74 Å². The van der Waals surface area contributed by atoms with E-state index in [4.69, 9.17) is 15.3 Å². The van der Waals surface area contributed by atoms with Crippen LogP contribution < -0.4 is 0 Å². The van der Waals surface area contributed by atoms with Crippen LogP contribution >= 0.6 is 0 Å². The molecule has 6 heteroatoms. The number of likely N-dealkylation sites (N-methyl/N-ethyl adjacent to an activating group) is 1. The molecule has 0 saturated heterocycles. The van der Waals surface area contributed by atoms with E-state index in [1.807, 2.05) is 6.92 Å². The third kappa shape index (κ3) is 5.82. The second kappa shape index (κ2) is 5.40. The van der Waals surface area contributed by atoms with Crippen molar-refractivity contribution in [2.24, 2.45) is 0 Å². The van der Waals surface area contributed by atoms with Gasteiger partial charge in [-0.05, 0) is 12.5 Å². The van der Waals surface area contributed by atoms with Crippen molar-refractivity contribution in [3.05, 3.63) is 11.8 Å². The maximum Gasteiger partial charge on any atom is 0.455 e. The highest BCUT2D eigenvalue weighted by molar-refractivity contribution is 5.86. The minimum atomic E-state index is -3.43. The molecule has 16 heavy (non-hydrogen) atoms. The topological polar surface area (TPSA) is 87.0 Å². The molecule has 0 amide bonds. The third-order valence-electron chi connectivity index (χ3n) is 1.79. The fourth-order valence-corrected chi connectivity index (χ4v) is 1.09. The molecule has 0 aliphatic rings. The minimum absolute atomic E-state index is 0.162. The number of nitrogens with zero attached hydrogens (tertiary/aromatic N) is 1. The number of carbonyl (C=O) groups is 1. The van der Waals surface area contributed by atoms with E-state index in [0.29, 0.717) is 6.42 Å². The van der Waals surface area contributed by atoms with Crippen LogP contribution in [0.5, 0.6) is 0 Å². The van der Waals surface area contributed by atoms with E-state index in [1.54, 1.807) is 27.2 Å². The fraction of sp³-hybridized carbons (Fsp3) is 0.700. The molecule has 0 bridgehead atoms. The number of aliphatic hydroxyl groups is 3. The number of hydrogen-bond donors (Lipinski definition) is 3. The first-order chi connectivity index (χ1) is 7.08. The molecule has 0 aliphatic heterocycles. The molecule has 0 unspecified atom stereocenters. The molecule has 0 heterocycles. The van der Waals surface area contributed by atoms with Crippen molar-refractivity contribution in [2.45, 2.75) is 25.9 Å². The molecule has 6 nitrogen and oxygen atoms in total. The van der Waals surface area contributed by atoms with Gasteiger partial charge in [0, 0.05) is 0 Å². The fourth-order valence-electron chi connectivity index (χ4n) is 1.09. The first kappa shape index (κ1) is 15.0. The lowest BCUT2D eigenvalue weighted by atomic mass is 10.2. The van der Waals surface area contributed by atoms with Crippen LogP contribution in [0, 0.1) is 0 Å². The van der Waals surface area contributed by atoms with Crippen LogP contribution in [0.25, 0.3) is 0 Å². The number of ether oxygens (including phenoxy) is 1. The molecule has 0 aromatic rings. The second-order valence-electron chi connectivity index (χ2n) is 4.35. The lowest BCUT2D eigenvalue weighted by Gasteiger charge is -2.26. The van der Waals surface area contributed by atoms with Crippen molar-refractivity contribution < 1.29 is 29.3 Å². The number of esters is 1. The molecule has 0 saturated carbocycles. The summed E-state index contributed by atoms with van der Waals surface area (Å²) in [5.41, 5.74) is 0.239. The van der Waals surface area contributed by atoms with Crippen LogP contribution in [0.1, 0.15) is 19.8 Å². The zero-order valence-corrected chi connectivity index (χ0v) is 10.1. The Morgan fingerprint density at radius 2 is 1.81 bits per heavy atom. The molecule has 0 atom stereocenters. The van der Waals surface area contributed by atoms with Crippen LogP contribution in [0.4, 0.5) is 0 Å². The van der Waals surface area contributed by atoms with E-state index in [-0.39, 0.29) is 10.2 Å². The van der Waals surface area contributed by atoms with Crippen molar-refractivity contribution in [3.63, 3.8) is 0 Å². The van der Waals surface area contributed by atoms with Gasteiger partial charge < -0.3 is 20.1 Å². The maximum atomic E-state index is 11.5. The monoisotopic (exact) mass is 234 g/mol. The zero-order valence-electron chi connectivity index (χ0n) is 10.1. The second-order valence-corrected chi connectivity index (χ2v) is 4.35. The Morgan fingerprint density at radius 1 is 1.31 bits per heavy atom. The van der Waals surface area contributed by atoms with Gasteiger partial charge in [0.2, 0.25) is 5.70 Å². The van der Waals surface area contributed by atoms with Gasteiger partial charge in [-0.15, -0.1) is 0 Å². The summed E-state index contributed by atoms with van der Waals surface area (Å²) in [5, 5.41) is 25.7. The lowest BCUT2D eigenvalue weighted by Crippen LogP contribution is -2.42. The van der Waals surface area contributed by atoms with Gasteiger partial charge in [0.1, 0.15) is 0 Å². The van der Waals surface area contributed by atoms with Gasteiger partial charge in [-0.25, -0.2) is 4.79 Å².